The van der Waals surface area contributed by atoms with Gasteiger partial charge in [0.1, 0.15) is 0 Å². The van der Waals surface area contributed by atoms with Crippen molar-refractivity contribution in [1.82, 2.24) is 14.7 Å². The summed E-state index contributed by atoms with van der Waals surface area (Å²) < 4.78 is 1.82. The Hall–Kier alpha value is -2.10. The second kappa shape index (κ2) is 5.26. The van der Waals surface area contributed by atoms with Crippen LogP contribution in [0, 0.1) is 13.8 Å². The fraction of sp³-hybridized carbons (Fsp3) is 0.333. The van der Waals surface area contributed by atoms with Gasteiger partial charge >= 0.3 is 0 Å². The van der Waals surface area contributed by atoms with E-state index in [0.717, 1.165) is 22.4 Å². The minimum atomic E-state index is 0.0342. The lowest BCUT2D eigenvalue weighted by Gasteiger charge is -2.17. The number of benzene rings is 1. The molecule has 0 N–H and O–H groups in total. The van der Waals surface area contributed by atoms with Gasteiger partial charge in [-0.15, -0.1) is 0 Å². The first-order valence-electron chi connectivity index (χ1n) is 6.28. The summed E-state index contributed by atoms with van der Waals surface area (Å²) in [5.74, 6) is 0.0342. The highest BCUT2D eigenvalue weighted by molar-refractivity contribution is 5.94. The molecule has 0 fully saturated rings. The van der Waals surface area contributed by atoms with E-state index in [-0.39, 0.29) is 5.91 Å². The van der Waals surface area contributed by atoms with Crippen molar-refractivity contribution in [3.63, 3.8) is 0 Å². The molecule has 0 atom stereocenters. The second-order valence-electron chi connectivity index (χ2n) is 4.91. The fourth-order valence-electron chi connectivity index (χ4n) is 2.03. The third-order valence-corrected chi connectivity index (χ3v) is 3.36. The lowest BCUT2D eigenvalue weighted by Crippen LogP contribution is -2.26. The van der Waals surface area contributed by atoms with Crippen LogP contribution in [0.5, 0.6) is 0 Å². The Morgan fingerprint density at radius 2 is 2.11 bits per heavy atom. The fourth-order valence-corrected chi connectivity index (χ4v) is 2.03. The molecule has 2 rings (SSSR count). The second-order valence-corrected chi connectivity index (χ2v) is 4.91. The largest absolute Gasteiger partial charge is 0.337 e. The van der Waals surface area contributed by atoms with Gasteiger partial charge in [0.2, 0.25) is 0 Å². The molecule has 0 saturated carbocycles. The van der Waals surface area contributed by atoms with Crippen molar-refractivity contribution in [2.24, 2.45) is 7.05 Å². The number of nitrogens with zero attached hydrogens (tertiary/aromatic N) is 3. The first-order chi connectivity index (χ1) is 8.99. The molecule has 0 aliphatic rings. The zero-order valence-corrected chi connectivity index (χ0v) is 11.8. The van der Waals surface area contributed by atoms with Crippen LogP contribution >= 0.6 is 0 Å². The number of aryl methyl sites for hydroxylation is 2. The van der Waals surface area contributed by atoms with E-state index in [1.54, 1.807) is 4.90 Å². The van der Waals surface area contributed by atoms with E-state index in [1.807, 2.05) is 63.1 Å². The summed E-state index contributed by atoms with van der Waals surface area (Å²) in [6.45, 7) is 4.57. The van der Waals surface area contributed by atoms with Crippen molar-refractivity contribution in [3.8, 4) is 0 Å². The Morgan fingerprint density at radius 3 is 2.68 bits per heavy atom. The van der Waals surface area contributed by atoms with Gasteiger partial charge in [-0.3, -0.25) is 9.48 Å². The van der Waals surface area contributed by atoms with Crippen molar-refractivity contribution in [3.05, 3.63) is 52.8 Å². The molecule has 1 aromatic heterocycles. The Kier molecular flexibility index (Phi) is 3.69. The minimum Gasteiger partial charge on any atom is -0.337 e. The first-order valence-corrected chi connectivity index (χ1v) is 6.28. The molecule has 4 nitrogen and oxygen atoms in total. The number of carbonyl (C=O) groups excluding carboxylic acids is 1. The van der Waals surface area contributed by atoms with E-state index in [0.29, 0.717) is 6.54 Å². The van der Waals surface area contributed by atoms with Crippen molar-refractivity contribution in [2.75, 3.05) is 7.05 Å². The van der Waals surface area contributed by atoms with E-state index in [4.69, 9.17) is 0 Å². The summed E-state index contributed by atoms with van der Waals surface area (Å²) in [5, 5.41) is 4.19. The van der Waals surface area contributed by atoms with E-state index >= 15 is 0 Å². The summed E-state index contributed by atoms with van der Waals surface area (Å²) in [5.41, 5.74) is 3.98. The maximum atomic E-state index is 12.3. The predicted molar refractivity (Wildman–Crippen MR) is 74.9 cm³/mol. The Labute approximate surface area is 113 Å². The predicted octanol–water partition coefficient (Wildman–Crippen LogP) is 2.31. The summed E-state index contributed by atoms with van der Waals surface area (Å²) in [6.07, 6.45) is 1.81. The molecule has 100 valence electrons. The van der Waals surface area contributed by atoms with Gasteiger partial charge in [0.05, 0.1) is 6.20 Å². The molecule has 0 aliphatic heterocycles. The molecule has 1 aromatic carbocycles. The smallest absolute Gasteiger partial charge is 0.253 e. The Balaban J connectivity index is 2.14. The molecule has 1 amide bonds. The van der Waals surface area contributed by atoms with Crippen LogP contribution in [0.1, 0.15) is 27.2 Å². The molecule has 1 heterocycles. The maximum Gasteiger partial charge on any atom is 0.253 e. The lowest BCUT2D eigenvalue weighted by molar-refractivity contribution is 0.0785. The number of carbonyl (C=O) groups is 1. The molecule has 0 unspecified atom stereocenters. The van der Waals surface area contributed by atoms with Gasteiger partial charge in [0.25, 0.3) is 5.91 Å². The van der Waals surface area contributed by atoms with Gasteiger partial charge in [-0.05, 0) is 26.0 Å². The van der Waals surface area contributed by atoms with Gasteiger partial charge in [-0.1, -0.05) is 17.7 Å². The third kappa shape index (κ3) is 2.84. The molecule has 19 heavy (non-hydrogen) atoms. The highest BCUT2D eigenvalue weighted by atomic mass is 16.2. The quantitative estimate of drug-likeness (QED) is 0.846. The molecule has 0 bridgehead atoms. The molecule has 0 spiro atoms. The highest BCUT2D eigenvalue weighted by Gasteiger charge is 2.14. The third-order valence-electron chi connectivity index (χ3n) is 3.36. The number of amides is 1. The minimum absolute atomic E-state index is 0.0342. The molecular weight excluding hydrogens is 238 g/mol. The Morgan fingerprint density at radius 1 is 1.37 bits per heavy atom. The van der Waals surface area contributed by atoms with Crippen LogP contribution < -0.4 is 0 Å². The van der Waals surface area contributed by atoms with E-state index < -0.39 is 0 Å². The van der Waals surface area contributed by atoms with Crippen molar-refractivity contribution in [1.29, 1.82) is 0 Å². The lowest BCUT2D eigenvalue weighted by atomic mass is 10.1. The molecule has 2 aromatic rings. The monoisotopic (exact) mass is 257 g/mol. The zero-order valence-electron chi connectivity index (χ0n) is 11.8. The van der Waals surface area contributed by atoms with Crippen molar-refractivity contribution in [2.45, 2.75) is 20.4 Å². The summed E-state index contributed by atoms with van der Waals surface area (Å²) >= 11 is 0. The molecule has 0 aliphatic carbocycles. The van der Waals surface area contributed by atoms with Crippen LogP contribution in [0.25, 0.3) is 0 Å². The number of rotatable bonds is 3. The van der Waals surface area contributed by atoms with Crippen LogP contribution in [0.15, 0.2) is 30.5 Å². The maximum absolute atomic E-state index is 12.3. The molecule has 0 saturated heterocycles. The van der Waals surface area contributed by atoms with Gasteiger partial charge in [-0.25, -0.2) is 0 Å². The Bertz CT molecular complexity index is 601. The van der Waals surface area contributed by atoms with Gasteiger partial charge in [0, 0.05) is 37.5 Å². The van der Waals surface area contributed by atoms with Crippen LogP contribution in [-0.2, 0) is 13.6 Å². The van der Waals surface area contributed by atoms with E-state index in [2.05, 4.69) is 5.10 Å². The van der Waals surface area contributed by atoms with Crippen LogP contribution in [0.2, 0.25) is 0 Å². The van der Waals surface area contributed by atoms with Crippen LogP contribution in [0.4, 0.5) is 0 Å². The summed E-state index contributed by atoms with van der Waals surface area (Å²) in [7, 11) is 3.72. The van der Waals surface area contributed by atoms with Gasteiger partial charge in [0.15, 0.2) is 0 Å². The van der Waals surface area contributed by atoms with Crippen molar-refractivity contribution < 1.29 is 4.79 Å². The molecule has 0 radical (unpaired) electrons. The topological polar surface area (TPSA) is 38.1 Å². The molecule has 4 heteroatoms. The summed E-state index contributed by atoms with van der Waals surface area (Å²) in [4.78, 5) is 14.0. The average molecular weight is 257 g/mol. The standard InChI is InChI=1S/C15H19N3O/c1-11-6-5-7-13(8-11)15(19)17(3)10-14-9-16-18(4)12(14)2/h5-9H,10H2,1-4H3. The zero-order chi connectivity index (χ0) is 14.0. The number of aromatic nitrogens is 2. The highest BCUT2D eigenvalue weighted by Crippen LogP contribution is 2.12. The normalized spacial score (nSPS) is 10.5. The number of hydrogen-bond donors (Lipinski definition) is 0. The van der Waals surface area contributed by atoms with E-state index in [9.17, 15) is 4.79 Å². The molecular formula is C15H19N3O. The summed E-state index contributed by atoms with van der Waals surface area (Å²) in [6, 6.07) is 7.66. The van der Waals surface area contributed by atoms with Gasteiger partial charge < -0.3 is 4.90 Å². The first kappa shape index (κ1) is 13.3. The SMILES string of the molecule is Cc1cccc(C(=O)N(C)Cc2cnn(C)c2C)c1. The van der Waals surface area contributed by atoms with Crippen LogP contribution in [0.3, 0.4) is 0 Å². The average Bonchev–Trinajstić information content (AvgIpc) is 2.70. The van der Waals surface area contributed by atoms with Crippen molar-refractivity contribution >= 4 is 5.91 Å². The van der Waals surface area contributed by atoms with Gasteiger partial charge in [-0.2, -0.15) is 5.10 Å². The van der Waals surface area contributed by atoms with E-state index in [1.165, 1.54) is 0 Å². The number of hydrogen-bond acceptors (Lipinski definition) is 2. The van der Waals surface area contributed by atoms with Crippen LogP contribution in [-0.4, -0.2) is 27.6 Å².